The van der Waals surface area contributed by atoms with Gasteiger partial charge in [-0.1, -0.05) is 0 Å². The fraction of sp³-hybridized carbons (Fsp3) is 0.385. The molecule has 2 N–H and O–H groups in total. The average molecular weight is 295 g/mol. The molecule has 1 aromatic heterocycles. The maximum Gasteiger partial charge on any atom is 0.328 e. The van der Waals surface area contributed by atoms with E-state index in [2.05, 4.69) is 17.4 Å². The molecular formula is C13H17N3O3S. The largest absolute Gasteiger partial charge is 0.478 e. The molecular weight excluding hydrogens is 278 g/mol. The van der Waals surface area contributed by atoms with Crippen LogP contribution in [-0.2, 0) is 4.79 Å². The van der Waals surface area contributed by atoms with Crippen molar-refractivity contribution in [3.8, 4) is 0 Å². The van der Waals surface area contributed by atoms with Gasteiger partial charge in [-0.25, -0.2) is 9.80 Å². The van der Waals surface area contributed by atoms with Gasteiger partial charge in [0.25, 0.3) is 5.91 Å². The van der Waals surface area contributed by atoms with Crippen molar-refractivity contribution in [2.75, 3.05) is 33.2 Å². The maximum atomic E-state index is 12.0. The number of hydrazine groups is 1. The van der Waals surface area contributed by atoms with Gasteiger partial charge in [-0.05, 0) is 25.3 Å². The van der Waals surface area contributed by atoms with Gasteiger partial charge in [0.1, 0.15) is 0 Å². The van der Waals surface area contributed by atoms with Crippen LogP contribution in [-0.4, -0.2) is 60.1 Å². The number of rotatable bonds is 4. The summed E-state index contributed by atoms with van der Waals surface area (Å²) in [6, 6.07) is 3.45. The predicted molar refractivity (Wildman–Crippen MR) is 77.5 cm³/mol. The number of piperazine rings is 1. The van der Waals surface area contributed by atoms with Crippen molar-refractivity contribution in [2.45, 2.75) is 0 Å². The van der Waals surface area contributed by atoms with Gasteiger partial charge in [-0.15, -0.1) is 11.3 Å². The Kier molecular flexibility index (Phi) is 4.89. The normalized spacial score (nSPS) is 17.4. The highest BCUT2D eigenvalue weighted by Crippen LogP contribution is 2.18. The molecule has 0 unspecified atom stereocenters. The van der Waals surface area contributed by atoms with E-state index in [0.29, 0.717) is 4.88 Å². The Hall–Kier alpha value is -1.70. The van der Waals surface area contributed by atoms with Crippen LogP contribution in [0.1, 0.15) is 14.5 Å². The first-order valence-electron chi connectivity index (χ1n) is 6.30. The lowest BCUT2D eigenvalue weighted by molar-refractivity contribution is -0.131. The lowest BCUT2D eigenvalue weighted by Gasteiger charge is -2.32. The first-order chi connectivity index (χ1) is 9.54. The van der Waals surface area contributed by atoms with Gasteiger partial charge in [-0.3, -0.25) is 10.2 Å². The van der Waals surface area contributed by atoms with E-state index in [1.54, 1.807) is 12.1 Å². The van der Waals surface area contributed by atoms with E-state index in [0.717, 1.165) is 37.1 Å². The van der Waals surface area contributed by atoms with E-state index < -0.39 is 5.97 Å². The van der Waals surface area contributed by atoms with Crippen molar-refractivity contribution in [2.24, 2.45) is 0 Å². The van der Waals surface area contributed by atoms with Gasteiger partial charge in [0.05, 0.1) is 4.88 Å². The van der Waals surface area contributed by atoms with Crippen molar-refractivity contribution < 1.29 is 14.7 Å². The van der Waals surface area contributed by atoms with Crippen LogP contribution in [0.15, 0.2) is 18.2 Å². The van der Waals surface area contributed by atoms with E-state index in [1.165, 1.54) is 17.4 Å². The van der Waals surface area contributed by atoms with Crippen LogP contribution in [0.4, 0.5) is 0 Å². The van der Waals surface area contributed by atoms with Crippen molar-refractivity contribution in [3.05, 3.63) is 28.0 Å². The van der Waals surface area contributed by atoms with Crippen molar-refractivity contribution >= 4 is 29.3 Å². The molecule has 0 radical (unpaired) electrons. The smallest absolute Gasteiger partial charge is 0.328 e. The molecule has 2 heterocycles. The summed E-state index contributed by atoms with van der Waals surface area (Å²) in [5.74, 6) is -1.14. The Morgan fingerprint density at radius 1 is 1.30 bits per heavy atom. The Labute approximate surface area is 121 Å². The van der Waals surface area contributed by atoms with Crippen LogP contribution >= 0.6 is 11.3 Å². The molecule has 0 aromatic carbocycles. The Morgan fingerprint density at radius 3 is 2.65 bits per heavy atom. The van der Waals surface area contributed by atoms with Gasteiger partial charge in [0, 0.05) is 37.1 Å². The molecule has 0 spiro atoms. The van der Waals surface area contributed by atoms with Crippen molar-refractivity contribution in [3.63, 3.8) is 0 Å². The second kappa shape index (κ2) is 6.65. The summed E-state index contributed by atoms with van der Waals surface area (Å²) >= 11 is 1.27. The fourth-order valence-electron chi connectivity index (χ4n) is 1.83. The fourth-order valence-corrected chi connectivity index (χ4v) is 2.64. The third-order valence-electron chi connectivity index (χ3n) is 3.00. The van der Waals surface area contributed by atoms with E-state index in [9.17, 15) is 9.59 Å². The second-order valence-electron chi connectivity index (χ2n) is 4.60. The topological polar surface area (TPSA) is 72.9 Å². The summed E-state index contributed by atoms with van der Waals surface area (Å²) in [7, 11) is 2.06. The second-order valence-corrected chi connectivity index (χ2v) is 5.72. The molecule has 0 bridgehead atoms. The number of thiophene rings is 1. The monoisotopic (exact) mass is 295 g/mol. The van der Waals surface area contributed by atoms with Gasteiger partial charge in [0.15, 0.2) is 0 Å². The molecule has 1 aliphatic rings. The zero-order valence-electron chi connectivity index (χ0n) is 11.2. The van der Waals surface area contributed by atoms with Crippen LogP contribution in [0.5, 0.6) is 0 Å². The van der Waals surface area contributed by atoms with Crippen molar-refractivity contribution in [1.82, 2.24) is 15.3 Å². The minimum absolute atomic E-state index is 0.144. The molecule has 108 valence electrons. The average Bonchev–Trinajstić information content (AvgIpc) is 2.88. The molecule has 6 nitrogen and oxygen atoms in total. The van der Waals surface area contributed by atoms with E-state index in [-0.39, 0.29) is 5.91 Å². The number of hydrogen-bond donors (Lipinski definition) is 2. The van der Waals surface area contributed by atoms with E-state index in [1.807, 2.05) is 5.01 Å². The summed E-state index contributed by atoms with van der Waals surface area (Å²) in [4.78, 5) is 26.0. The number of carbonyl (C=O) groups is 2. The molecule has 0 atom stereocenters. The van der Waals surface area contributed by atoms with Crippen LogP contribution in [0.3, 0.4) is 0 Å². The number of aliphatic carboxylic acids is 1. The first kappa shape index (κ1) is 14.7. The minimum atomic E-state index is -0.998. The van der Waals surface area contributed by atoms with E-state index >= 15 is 0 Å². The number of carboxylic acids is 1. The summed E-state index contributed by atoms with van der Waals surface area (Å²) in [6.45, 7) is 3.47. The molecule has 1 aromatic rings. The molecule has 1 saturated heterocycles. The van der Waals surface area contributed by atoms with E-state index in [4.69, 9.17) is 5.11 Å². The van der Waals surface area contributed by atoms with Gasteiger partial charge < -0.3 is 10.0 Å². The number of likely N-dealkylation sites (N-methyl/N-ethyl adjacent to an activating group) is 1. The first-order valence-corrected chi connectivity index (χ1v) is 7.11. The summed E-state index contributed by atoms with van der Waals surface area (Å²) in [6.07, 6.45) is 2.55. The van der Waals surface area contributed by atoms with Gasteiger partial charge in [-0.2, -0.15) is 0 Å². The number of nitrogens with one attached hydrogen (secondary N) is 1. The maximum absolute atomic E-state index is 12.0. The molecule has 1 fully saturated rings. The number of nitrogens with zero attached hydrogens (tertiary/aromatic N) is 2. The molecule has 20 heavy (non-hydrogen) atoms. The SMILES string of the molecule is CN1CCN(NC(=O)c2ccc(/C=C/C(=O)O)s2)CC1. The molecule has 7 heteroatoms. The highest BCUT2D eigenvalue weighted by molar-refractivity contribution is 7.14. The highest BCUT2D eigenvalue weighted by atomic mass is 32.1. The minimum Gasteiger partial charge on any atom is -0.478 e. The summed E-state index contributed by atoms with van der Waals surface area (Å²) in [5.41, 5.74) is 2.87. The number of carboxylic acid groups (broad SMARTS) is 1. The quantitative estimate of drug-likeness (QED) is 0.802. The third-order valence-corrected chi connectivity index (χ3v) is 4.05. The molecule has 0 saturated carbocycles. The number of amides is 1. The molecule has 1 aliphatic heterocycles. The molecule has 1 amide bonds. The number of hydrogen-bond acceptors (Lipinski definition) is 5. The van der Waals surface area contributed by atoms with Crippen LogP contribution < -0.4 is 5.43 Å². The lowest BCUT2D eigenvalue weighted by Crippen LogP contribution is -2.52. The van der Waals surface area contributed by atoms with Gasteiger partial charge >= 0.3 is 5.97 Å². The molecule has 0 aliphatic carbocycles. The third kappa shape index (κ3) is 4.16. The van der Waals surface area contributed by atoms with Crippen LogP contribution in [0.2, 0.25) is 0 Å². The van der Waals surface area contributed by atoms with Crippen LogP contribution in [0, 0.1) is 0 Å². The highest BCUT2D eigenvalue weighted by Gasteiger charge is 2.17. The van der Waals surface area contributed by atoms with Crippen molar-refractivity contribution in [1.29, 1.82) is 0 Å². The summed E-state index contributed by atoms with van der Waals surface area (Å²) in [5, 5.41) is 10.5. The standard InChI is InChI=1S/C13H17N3O3S/c1-15-6-8-16(9-7-15)14-13(19)11-4-2-10(20-11)3-5-12(17)18/h2-5H,6-9H2,1H3,(H,14,19)(H,17,18)/b5-3+. The lowest BCUT2D eigenvalue weighted by atomic mass is 10.3. The zero-order chi connectivity index (χ0) is 14.5. The van der Waals surface area contributed by atoms with Crippen LogP contribution in [0.25, 0.3) is 6.08 Å². The van der Waals surface area contributed by atoms with Gasteiger partial charge in [0.2, 0.25) is 0 Å². The predicted octanol–water partition coefficient (Wildman–Crippen LogP) is 0.738. The zero-order valence-corrected chi connectivity index (χ0v) is 12.0. The summed E-state index contributed by atoms with van der Waals surface area (Å²) < 4.78 is 0. The Morgan fingerprint density at radius 2 is 2.00 bits per heavy atom. The Bertz CT molecular complexity index is 519. The number of carbonyl (C=O) groups excluding carboxylic acids is 1. The molecule has 2 rings (SSSR count). The Balaban J connectivity index is 1.91.